The van der Waals surface area contributed by atoms with Crippen molar-refractivity contribution in [1.82, 2.24) is 0 Å². The van der Waals surface area contributed by atoms with Gasteiger partial charge in [0.25, 0.3) is 8.32 Å². The number of nitrogens with zero attached hydrogens (tertiary/aromatic N) is 1. The molecule has 0 aromatic heterocycles. The van der Waals surface area contributed by atoms with Gasteiger partial charge < -0.3 is 9.53 Å². The number of rotatable bonds is 12. The summed E-state index contributed by atoms with van der Waals surface area (Å²) in [5.41, 5.74) is 0. The van der Waals surface area contributed by atoms with Gasteiger partial charge in [0.1, 0.15) is 0 Å². The summed E-state index contributed by atoms with van der Waals surface area (Å²) in [6, 6.07) is 20.8. The van der Waals surface area contributed by atoms with Gasteiger partial charge in [0.05, 0.1) is 6.42 Å². The highest BCUT2D eigenvalue weighted by Crippen LogP contribution is 2.36. The van der Waals surface area contributed by atoms with E-state index in [0.717, 1.165) is 6.42 Å². The second-order valence-corrected chi connectivity index (χ2v) is 13.3. The minimum atomic E-state index is -2.58. The number of hydrogen-bond donors (Lipinski definition) is 1. The maximum Gasteiger partial charge on any atom is 0.303 e. The molecule has 0 bridgehead atoms. The van der Waals surface area contributed by atoms with Crippen molar-refractivity contribution < 1.29 is 19.3 Å². The third kappa shape index (κ3) is 6.74. The molecule has 1 unspecified atom stereocenters. The van der Waals surface area contributed by atoms with E-state index in [4.69, 9.17) is 9.53 Å². The average Bonchev–Trinajstić information content (AvgIpc) is 2.70. The maximum absolute atomic E-state index is 11.0. The lowest BCUT2D eigenvalue weighted by molar-refractivity contribution is -0.488. The summed E-state index contributed by atoms with van der Waals surface area (Å²) < 4.78 is 6.80. The summed E-state index contributed by atoms with van der Waals surface area (Å²) in [6.45, 7) is 6.89. The topological polar surface area (TPSA) is 89.7 Å². The van der Waals surface area contributed by atoms with Crippen molar-refractivity contribution in [3.63, 3.8) is 0 Å². The van der Waals surface area contributed by atoms with E-state index in [1.807, 2.05) is 36.4 Å². The molecule has 0 fully saturated rings. The van der Waals surface area contributed by atoms with Gasteiger partial charge in [-0.15, -0.1) is 0 Å². The van der Waals surface area contributed by atoms with E-state index in [1.165, 1.54) is 10.4 Å². The van der Waals surface area contributed by atoms with Crippen LogP contribution in [0.2, 0.25) is 5.04 Å². The number of hydrogen-bond acceptors (Lipinski definition) is 4. The predicted molar refractivity (Wildman–Crippen MR) is 125 cm³/mol. The minimum Gasteiger partial charge on any atom is -0.481 e. The SMILES string of the molecule is CC(C)(C)[Si](OCCCCC(CC(=O)O)C[N+](=O)[O-])(c1ccccc1)c1ccccc1. The molecule has 0 saturated heterocycles. The Balaban J connectivity index is 2.16. The van der Waals surface area contributed by atoms with Crippen molar-refractivity contribution in [2.24, 2.45) is 5.92 Å². The van der Waals surface area contributed by atoms with Crippen LogP contribution in [0, 0.1) is 16.0 Å². The Morgan fingerprint density at radius 1 is 1.03 bits per heavy atom. The van der Waals surface area contributed by atoms with Crippen molar-refractivity contribution in [2.75, 3.05) is 13.2 Å². The highest BCUT2D eigenvalue weighted by molar-refractivity contribution is 6.99. The van der Waals surface area contributed by atoms with E-state index in [1.54, 1.807) is 0 Å². The van der Waals surface area contributed by atoms with Crippen molar-refractivity contribution in [2.45, 2.75) is 51.5 Å². The predicted octanol–water partition coefficient (Wildman–Crippen LogP) is 4.10. The third-order valence-corrected chi connectivity index (χ3v) is 10.7. The monoisotopic (exact) mass is 443 g/mol. The summed E-state index contributed by atoms with van der Waals surface area (Å²) in [4.78, 5) is 21.4. The quantitative estimate of drug-likeness (QED) is 0.231. The zero-order valence-corrected chi connectivity index (χ0v) is 19.6. The molecule has 0 aliphatic heterocycles. The fraction of sp³-hybridized carbons (Fsp3) is 0.458. The van der Waals surface area contributed by atoms with Gasteiger partial charge in [0, 0.05) is 17.4 Å². The van der Waals surface area contributed by atoms with Gasteiger partial charge in [-0.05, 0) is 28.3 Å². The number of aliphatic carboxylic acids is 1. The Morgan fingerprint density at radius 2 is 1.55 bits per heavy atom. The van der Waals surface area contributed by atoms with Crippen molar-refractivity contribution >= 4 is 24.7 Å². The van der Waals surface area contributed by atoms with Gasteiger partial charge in [-0.1, -0.05) is 87.9 Å². The van der Waals surface area contributed by atoms with Crippen molar-refractivity contribution in [3.05, 3.63) is 70.8 Å². The molecule has 0 radical (unpaired) electrons. The number of nitro groups is 1. The highest BCUT2D eigenvalue weighted by Gasteiger charge is 2.49. The lowest BCUT2D eigenvalue weighted by Gasteiger charge is -2.43. The molecule has 0 amide bonds. The molecule has 2 aromatic rings. The molecule has 0 spiro atoms. The minimum absolute atomic E-state index is 0.104. The average molecular weight is 444 g/mol. The number of carboxylic acid groups (broad SMARTS) is 1. The Labute approximate surface area is 185 Å². The molecule has 0 aliphatic rings. The van der Waals surface area contributed by atoms with Crippen LogP contribution in [-0.2, 0) is 9.22 Å². The van der Waals surface area contributed by atoms with Gasteiger partial charge in [-0.2, -0.15) is 0 Å². The summed E-state index contributed by atoms with van der Waals surface area (Å²) in [6.07, 6.45) is 1.77. The molecule has 168 valence electrons. The summed E-state index contributed by atoms with van der Waals surface area (Å²) in [7, 11) is -2.58. The van der Waals surface area contributed by atoms with E-state index in [0.29, 0.717) is 19.4 Å². The van der Waals surface area contributed by atoms with E-state index in [9.17, 15) is 14.9 Å². The Morgan fingerprint density at radius 3 is 1.97 bits per heavy atom. The largest absolute Gasteiger partial charge is 0.481 e. The number of carbonyl (C=O) groups is 1. The first kappa shape index (κ1) is 24.8. The molecule has 0 aliphatic carbocycles. The molecular formula is C24H33NO5Si. The third-order valence-electron chi connectivity index (χ3n) is 5.61. The smallest absolute Gasteiger partial charge is 0.303 e. The van der Waals surface area contributed by atoms with Crippen LogP contribution in [0.5, 0.6) is 0 Å². The van der Waals surface area contributed by atoms with Gasteiger partial charge in [0.15, 0.2) is 0 Å². The summed E-state index contributed by atoms with van der Waals surface area (Å²) >= 11 is 0. The first-order chi connectivity index (χ1) is 14.7. The Bertz CT molecular complexity index is 781. The standard InChI is InChI=1S/C24H33NO5Si/c1-24(2,3)31(21-13-6-4-7-14-21,22-15-8-5-9-16-22)30-17-11-10-12-20(18-23(26)27)19-25(28)29/h4-9,13-16,20H,10-12,17-19H2,1-3H3,(H,26,27). The maximum atomic E-state index is 11.0. The number of carboxylic acids is 1. The van der Waals surface area contributed by atoms with Gasteiger partial charge >= 0.3 is 5.97 Å². The fourth-order valence-electron chi connectivity index (χ4n) is 4.24. The van der Waals surface area contributed by atoms with E-state index < -0.39 is 25.1 Å². The molecule has 6 nitrogen and oxygen atoms in total. The number of benzene rings is 2. The molecule has 31 heavy (non-hydrogen) atoms. The molecule has 2 aromatic carbocycles. The molecule has 1 N–H and O–H groups in total. The van der Waals surface area contributed by atoms with Crippen LogP contribution < -0.4 is 10.4 Å². The van der Waals surface area contributed by atoms with E-state index in [-0.39, 0.29) is 18.0 Å². The van der Waals surface area contributed by atoms with Crippen LogP contribution in [0.4, 0.5) is 0 Å². The summed E-state index contributed by atoms with van der Waals surface area (Å²) in [5, 5.41) is 22.2. The lowest BCUT2D eigenvalue weighted by Crippen LogP contribution is -2.66. The first-order valence-corrected chi connectivity index (χ1v) is 12.7. The van der Waals surface area contributed by atoms with Crippen LogP contribution in [0.1, 0.15) is 46.5 Å². The lowest BCUT2D eigenvalue weighted by atomic mass is 9.99. The highest BCUT2D eigenvalue weighted by atomic mass is 28.4. The number of unbranched alkanes of at least 4 members (excludes halogenated alkanes) is 1. The van der Waals surface area contributed by atoms with Crippen molar-refractivity contribution in [3.8, 4) is 0 Å². The Hall–Kier alpha value is -2.51. The van der Waals surface area contributed by atoms with Gasteiger partial charge in [-0.3, -0.25) is 14.9 Å². The van der Waals surface area contributed by atoms with E-state index in [2.05, 4.69) is 45.0 Å². The van der Waals surface area contributed by atoms with Crippen LogP contribution in [0.3, 0.4) is 0 Å². The van der Waals surface area contributed by atoms with Crippen LogP contribution in [0.25, 0.3) is 0 Å². The van der Waals surface area contributed by atoms with E-state index >= 15 is 0 Å². The van der Waals surface area contributed by atoms with Gasteiger partial charge in [0.2, 0.25) is 6.54 Å². The first-order valence-electron chi connectivity index (χ1n) is 10.8. The fourth-order valence-corrected chi connectivity index (χ4v) is 8.84. The van der Waals surface area contributed by atoms with Gasteiger partial charge in [-0.25, -0.2) is 0 Å². The molecule has 0 heterocycles. The van der Waals surface area contributed by atoms with Crippen LogP contribution in [-0.4, -0.2) is 37.5 Å². The zero-order chi connectivity index (χ0) is 22.9. The molecule has 0 saturated carbocycles. The molecule has 7 heteroatoms. The van der Waals surface area contributed by atoms with Crippen molar-refractivity contribution in [1.29, 1.82) is 0 Å². The zero-order valence-electron chi connectivity index (χ0n) is 18.6. The summed E-state index contributed by atoms with van der Waals surface area (Å²) in [5.74, 6) is -1.43. The molecule has 2 rings (SSSR count). The molecule has 1 atom stereocenters. The molecular weight excluding hydrogens is 410 g/mol. The Kier molecular flexibility index (Phi) is 8.95. The van der Waals surface area contributed by atoms with Crippen LogP contribution in [0.15, 0.2) is 60.7 Å². The second kappa shape index (κ2) is 11.2. The normalized spacial score (nSPS) is 13.0. The van der Waals surface area contributed by atoms with Crippen LogP contribution >= 0.6 is 0 Å². The second-order valence-electron chi connectivity index (χ2n) is 8.99.